The van der Waals surface area contributed by atoms with Gasteiger partial charge in [-0.05, 0) is 30.7 Å². The van der Waals surface area contributed by atoms with Gasteiger partial charge in [0.25, 0.3) is 17.6 Å². The minimum absolute atomic E-state index is 0.163. The summed E-state index contributed by atoms with van der Waals surface area (Å²) in [5, 5.41) is 12.2. The summed E-state index contributed by atoms with van der Waals surface area (Å²) in [7, 11) is 0. The second-order valence-corrected chi connectivity index (χ2v) is 3.43. The fourth-order valence-electron chi connectivity index (χ4n) is 1.41. The number of nitrogens with two attached hydrogens (primary N) is 1. The number of hydrogen-bond acceptors (Lipinski definition) is 5. The van der Waals surface area contributed by atoms with Crippen LogP contribution >= 0.6 is 0 Å². The molecule has 0 saturated heterocycles. The molecule has 1 amide bonds. The first kappa shape index (κ1) is 10.8. The van der Waals surface area contributed by atoms with Crippen LogP contribution in [0.2, 0.25) is 0 Å². The number of carbonyl (C=O) groups is 1. The van der Waals surface area contributed by atoms with Crippen molar-refractivity contribution in [1.82, 2.24) is 10.1 Å². The second kappa shape index (κ2) is 4.06. The van der Waals surface area contributed by atoms with Crippen molar-refractivity contribution < 1.29 is 9.32 Å². The monoisotopic (exact) mass is 228 g/mol. The first-order valence-electron chi connectivity index (χ1n) is 4.76. The number of aromatic nitrogens is 2. The quantitative estimate of drug-likeness (QED) is 0.825. The van der Waals surface area contributed by atoms with Crippen molar-refractivity contribution in [3.8, 4) is 17.5 Å². The lowest BCUT2D eigenvalue weighted by Crippen LogP contribution is -2.12. The Morgan fingerprint density at radius 1 is 1.53 bits per heavy atom. The average Bonchev–Trinajstić information content (AvgIpc) is 2.78. The zero-order chi connectivity index (χ0) is 12.4. The van der Waals surface area contributed by atoms with Gasteiger partial charge >= 0.3 is 0 Å². The Morgan fingerprint density at radius 3 is 2.82 bits per heavy atom. The van der Waals surface area contributed by atoms with E-state index in [1.165, 1.54) is 0 Å². The molecule has 2 N–H and O–H groups in total. The molecular formula is C11H8N4O2. The Bertz CT molecular complexity index is 625. The van der Waals surface area contributed by atoms with Gasteiger partial charge in [0.2, 0.25) is 0 Å². The summed E-state index contributed by atoms with van der Waals surface area (Å²) in [5.41, 5.74) is 7.04. The van der Waals surface area contributed by atoms with Crippen molar-refractivity contribution in [2.24, 2.45) is 5.73 Å². The van der Waals surface area contributed by atoms with E-state index in [1.807, 2.05) is 13.0 Å². The summed E-state index contributed by atoms with van der Waals surface area (Å²) in [6, 6.07) is 7.05. The van der Waals surface area contributed by atoms with Crippen molar-refractivity contribution in [1.29, 1.82) is 5.26 Å². The number of hydrogen-bond donors (Lipinski definition) is 1. The van der Waals surface area contributed by atoms with Gasteiger partial charge in [-0.2, -0.15) is 10.2 Å². The largest absolute Gasteiger partial charge is 0.363 e. The van der Waals surface area contributed by atoms with Gasteiger partial charge in [0.1, 0.15) is 0 Å². The molecule has 0 atom stereocenters. The molecule has 0 radical (unpaired) electrons. The lowest BCUT2D eigenvalue weighted by atomic mass is 10.1. The summed E-state index contributed by atoms with van der Waals surface area (Å²) in [4.78, 5) is 14.7. The smallest absolute Gasteiger partial charge is 0.290 e. The third-order valence-corrected chi connectivity index (χ3v) is 2.23. The summed E-state index contributed by atoms with van der Waals surface area (Å²) in [5.74, 6) is -0.698. The molecule has 1 heterocycles. The highest BCUT2D eigenvalue weighted by Gasteiger charge is 2.14. The fraction of sp³-hybridized carbons (Fsp3) is 0.0909. The zero-order valence-electron chi connectivity index (χ0n) is 8.97. The van der Waals surface area contributed by atoms with E-state index >= 15 is 0 Å². The Morgan fingerprint density at radius 2 is 2.29 bits per heavy atom. The van der Waals surface area contributed by atoms with E-state index in [2.05, 4.69) is 10.1 Å². The number of amides is 1. The standard InChI is InChI=1S/C11H8N4O2/c1-6-4-7(5-12)2-3-8(6)11-14-10(9(13)16)15-17-11/h2-4H,1H3,(H2,13,16). The average molecular weight is 228 g/mol. The first-order valence-corrected chi connectivity index (χ1v) is 4.76. The molecule has 0 saturated carbocycles. The topological polar surface area (TPSA) is 106 Å². The number of benzene rings is 1. The van der Waals surface area contributed by atoms with Crippen molar-refractivity contribution in [3.05, 3.63) is 35.2 Å². The summed E-state index contributed by atoms with van der Waals surface area (Å²) >= 11 is 0. The molecule has 2 aromatic rings. The van der Waals surface area contributed by atoms with Crippen LogP contribution in [0.3, 0.4) is 0 Å². The van der Waals surface area contributed by atoms with Gasteiger partial charge < -0.3 is 10.3 Å². The summed E-state index contributed by atoms with van der Waals surface area (Å²) in [6.07, 6.45) is 0. The number of nitrogens with zero attached hydrogens (tertiary/aromatic N) is 3. The maximum absolute atomic E-state index is 10.8. The SMILES string of the molecule is Cc1cc(C#N)ccc1-c1nc(C(N)=O)no1. The van der Waals surface area contributed by atoms with Crippen LogP contribution in [0.4, 0.5) is 0 Å². The molecule has 1 aromatic heterocycles. The van der Waals surface area contributed by atoms with Gasteiger partial charge in [-0.25, -0.2) is 0 Å². The van der Waals surface area contributed by atoms with Gasteiger partial charge in [0.05, 0.1) is 11.6 Å². The molecule has 6 nitrogen and oxygen atoms in total. The van der Waals surface area contributed by atoms with Gasteiger partial charge in [-0.15, -0.1) is 0 Å². The Labute approximate surface area is 96.7 Å². The number of primary amides is 1. The molecule has 0 bridgehead atoms. The highest BCUT2D eigenvalue weighted by molar-refractivity contribution is 5.89. The van der Waals surface area contributed by atoms with Crippen LogP contribution in [0.15, 0.2) is 22.7 Å². The lowest BCUT2D eigenvalue weighted by Gasteiger charge is -1.99. The molecule has 0 unspecified atom stereocenters. The van der Waals surface area contributed by atoms with Crippen LogP contribution in [0.1, 0.15) is 21.7 Å². The molecule has 2 rings (SSSR count). The lowest BCUT2D eigenvalue weighted by molar-refractivity contribution is 0.0987. The predicted octanol–water partition coefficient (Wildman–Crippen LogP) is 1.02. The highest BCUT2D eigenvalue weighted by Crippen LogP contribution is 2.22. The van der Waals surface area contributed by atoms with E-state index in [0.29, 0.717) is 11.1 Å². The molecule has 84 valence electrons. The van der Waals surface area contributed by atoms with E-state index < -0.39 is 5.91 Å². The Balaban J connectivity index is 2.46. The molecular weight excluding hydrogens is 220 g/mol. The van der Waals surface area contributed by atoms with Crippen LogP contribution in [-0.2, 0) is 0 Å². The number of rotatable bonds is 2. The fourth-order valence-corrected chi connectivity index (χ4v) is 1.41. The highest BCUT2D eigenvalue weighted by atomic mass is 16.5. The number of carbonyl (C=O) groups excluding carboxylic acids is 1. The zero-order valence-corrected chi connectivity index (χ0v) is 8.97. The van der Waals surface area contributed by atoms with Crippen LogP contribution in [0.5, 0.6) is 0 Å². The maximum Gasteiger partial charge on any atom is 0.290 e. The Kier molecular flexibility index (Phi) is 2.58. The van der Waals surface area contributed by atoms with Gasteiger partial charge in [0.15, 0.2) is 0 Å². The van der Waals surface area contributed by atoms with Gasteiger partial charge in [-0.1, -0.05) is 5.16 Å². The van der Waals surface area contributed by atoms with Crippen LogP contribution < -0.4 is 5.73 Å². The molecule has 0 aliphatic carbocycles. The van der Waals surface area contributed by atoms with Crippen molar-refractivity contribution >= 4 is 5.91 Å². The third kappa shape index (κ3) is 1.99. The minimum atomic E-state index is -0.744. The van der Waals surface area contributed by atoms with E-state index in [4.69, 9.17) is 15.5 Å². The molecule has 17 heavy (non-hydrogen) atoms. The molecule has 0 aliphatic rings. The molecule has 0 fully saturated rings. The first-order chi connectivity index (χ1) is 8.11. The normalized spacial score (nSPS) is 9.88. The second-order valence-electron chi connectivity index (χ2n) is 3.43. The third-order valence-electron chi connectivity index (χ3n) is 2.23. The van der Waals surface area contributed by atoms with Crippen molar-refractivity contribution in [2.45, 2.75) is 6.92 Å². The van der Waals surface area contributed by atoms with E-state index in [9.17, 15) is 4.79 Å². The number of nitriles is 1. The Hall–Kier alpha value is -2.68. The molecule has 0 aliphatic heterocycles. The predicted molar refractivity (Wildman–Crippen MR) is 57.7 cm³/mol. The molecule has 1 aromatic carbocycles. The van der Waals surface area contributed by atoms with Crippen LogP contribution in [0.25, 0.3) is 11.5 Å². The van der Waals surface area contributed by atoms with Crippen molar-refractivity contribution in [2.75, 3.05) is 0 Å². The van der Waals surface area contributed by atoms with Crippen LogP contribution in [0, 0.1) is 18.3 Å². The minimum Gasteiger partial charge on any atom is -0.363 e. The summed E-state index contributed by atoms with van der Waals surface area (Å²) in [6.45, 7) is 1.81. The van der Waals surface area contributed by atoms with E-state index in [1.54, 1.807) is 18.2 Å². The number of aryl methyl sites for hydroxylation is 1. The molecule has 0 spiro atoms. The van der Waals surface area contributed by atoms with E-state index in [0.717, 1.165) is 5.56 Å². The van der Waals surface area contributed by atoms with E-state index in [-0.39, 0.29) is 11.7 Å². The van der Waals surface area contributed by atoms with Gasteiger partial charge in [0, 0.05) is 5.56 Å². The van der Waals surface area contributed by atoms with Gasteiger partial charge in [-0.3, -0.25) is 4.79 Å². The maximum atomic E-state index is 10.8. The van der Waals surface area contributed by atoms with Crippen molar-refractivity contribution in [3.63, 3.8) is 0 Å². The molecule has 6 heteroatoms. The van der Waals surface area contributed by atoms with Crippen LogP contribution in [-0.4, -0.2) is 16.0 Å². The summed E-state index contributed by atoms with van der Waals surface area (Å²) < 4.78 is 4.92.